The van der Waals surface area contributed by atoms with E-state index in [1.807, 2.05) is 0 Å². The number of imidazole rings is 1. The summed E-state index contributed by atoms with van der Waals surface area (Å²) >= 11 is 0. The number of hydrogen-bond donors (Lipinski definition) is 0. The topological polar surface area (TPSA) is 61.2 Å². The van der Waals surface area contributed by atoms with Gasteiger partial charge >= 0.3 is 0 Å². The number of aromatic nitrogens is 2. The zero-order valence-corrected chi connectivity index (χ0v) is 12.5. The Hall–Kier alpha value is -1.67. The Morgan fingerprint density at radius 3 is 2.67 bits per heavy atom. The van der Waals surface area contributed by atoms with Crippen LogP contribution in [0.25, 0.3) is 0 Å². The molecule has 0 unspecified atom stereocenters. The van der Waals surface area contributed by atoms with Crippen LogP contribution in [0.3, 0.4) is 0 Å². The minimum absolute atomic E-state index is 0.0286. The summed E-state index contributed by atoms with van der Waals surface area (Å²) in [5.41, 5.74) is 0. The lowest BCUT2D eigenvalue weighted by Gasteiger charge is -2.11. The van der Waals surface area contributed by atoms with Gasteiger partial charge in [-0.15, -0.1) is 0 Å². The van der Waals surface area contributed by atoms with Crippen molar-refractivity contribution in [2.75, 3.05) is 6.61 Å². The second-order valence-electron chi connectivity index (χ2n) is 4.17. The molecule has 0 bridgehead atoms. The fourth-order valence-electron chi connectivity index (χ4n) is 1.74. The zero-order valence-electron chi connectivity index (χ0n) is 10.9. The van der Waals surface area contributed by atoms with Crippen LogP contribution in [0.1, 0.15) is 5.82 Å². The van der Waals surface area contributed by atoms with Crippen LogP contribution in [0.2, 0.25) is 0 Å². The highest BCUT2D eigenvalue weighted by Crippen LogP contribution is 2.30. The van der Waals surface area contributed by atoms with Crippen LogP contribution < -0.4 is 4.74 Å². The van der Waals surface area contributed by atoms with Crippen molar-refractivity contribution in [3.63, 3.8) is 0 Å². The van der Waals surface area contributed by atoms with E-state index in [-0.39, 0.29) is 6.61 Å². The summed E-state index contributed by atoms with van der Waals surface area (Å²) in [6.45, 7) is 2.07. The maximum absolute atomic E-state index is 13.7. The van der Waals surface area contributed by atoms with Gasteiger partial charge in [0.15, 0.2) is 11.6 Å². The van der Waals surface area contributed by atoms with Gasteiger partial charge in [0, 0.05) is 29.1 Å². The maximum atomic E-state index is 13.7. The highest BCUT2D eigenvalue weighted by Gasteiger charge is 2.22. The average Bonchev–Trinajstić information content (AvgIpc) is 2.76. The summed E-state index contributed by atoms with van der Waals surface area (Å²) in [6, 6.07) is 1.15. The smallest absolute Gasteiger partial charge is 0.265 e. The van der Waals surface area contributed by atoms with E-state index < -0.39 is 31.3 Å². The first-order valence-corrected chi connectivity index (χ1v) is 8.14. The first kappa shape index (κ1) is 15.7. The molecular formula is C12H11ClF2N2O3S. The van der Waals surface area contributed by atoms with E-state index in [0.29, 0.717) is 18.7 Å². The molecule has 5 nitrogen and oxygen atoms in total. The van der Waals surface area contributed by atoms with E-state index in [2.05, 4.69) is 4.98 Å². The SMILES string of the molecule is Cc1nccn1CCOc1c(F)cc(F)cc1S(=O)(=O)Cl. The average molecular weight is 337 g/mol. The number of hydrogen-bond acceptors (Lipinski definition) is 4. The molecule has 0 atom stereocenters. The van der Waals surface area contributed by atoms with Crippen LogP contribution in [0, 0.1) is 18.6 Å². The molecule has 21 heavy (non-hydrogen) atoms. The van der Waals surface area contributed by atoms with E-state index in [1.54, 1.807) is 23.9 Å². The molecule has 0 N–H and O–H groups in total. The molecule has 2 aromatic rings. The molecule has 0 spiro atoms. The Morgan fingerprint density at radius 1 is 1.38 bits per heavy atom. The van der Waals surface area contributed by atoms with Gasteiger partial charge in [-0.25, -0.2) is 22.2 Å². The first-order chi connectivity index (χ1) is 9.79. The van der Waals surface area contributed by atoms with Crippen LogP contribution in [0.15, 0.2) is 29.4 Å². The first-order valence-electron chi connectivity index (χ1n) is 5.83. The summed E-state index contributed by atoms with van der Waals surface area (Å²) in [5, 5.41) is 0. The molecule has 0 fully saturated rings. The molecule has 0 aliphatic heterocycles. The van der Waals surface area contributed by atoms with Gasteiger partial charge in [-0.05, 0) is 13.0 Å². The Balaban J connectivity index is 2.22. The van der Waals surface area contributed by atoms with Crippen molar-refractivity contribution in [1.82, 2.24) is 9.55 Å². The molecular weight excluding hydrogens is 326 g/mol. The molecule has 0 radical (unpaired) electrons. The Morgan fingerprint density at radius 2 is 2.10 bits per heavy atom. The van der Waals surface area contributed by atoms with Crippen molar-refractivity contribution in [1.29, 1.82) is 0 Å². The van der Waals surface area contributed by atoms with Gasteiger partial charge in [0.25, 0.3) is 9.05 Å². The van der Waals surface area contributed by atoms with Crippen molar-refractivity contribution in [3.05, 3.63) is 42.0 Å². The Bertz CT molecular complexity index is 762. The predicted molar refractivity (Wildman–Crippen MR) is 71.9 cm³/mol. The maximum Gasteiger partial charge on any atom is 0.265 e. The van der Waals surface area contributed by atoms with E-state index >= 15 is 0 Å². The second-order valence-corrected chi connectivity index (χ2v) is 6.70. The normalized spacial score (nSPS) is 11.6. The standard InChI is InChI=1S/C12H11ClF2N2O3S/c1-8-16-2-3-17(8)4-5-20-12-10(15)6-9(14)7-11(12)21(13,18)19/h2-3,6-7H,4-5H2,1H3. The lowest BCUT2D eigenvalue weighted by Crippen LogP contribution is -2.11. The molecule has 2 rings (SSSR count). The minimum Gasteiger partial charge on any atom is -0.487 e. The van der Waals surface area contributed by atoms with Gasteiger partial charge in [0.2, 0.25) is 0 Å². The molecule has 114 valence electrons. The van der Waals surface area contributed by atoms with Crippen LogP contribution in [0.5, 0.6) is 5.75 Å². The highest BCUT2D eigenvalue weighted by molar-refractivity contribution is 8.13. The largest absolute Gasteiger partial charge is 0.487 e. The molecule has 0 saturated carbocycles. The molecule has 0 aliphatic carbocycles. The Labute approximate surface area is 124 Å². The number of ether oxygens (including phenoxy) is 1. The van der Waals surface area contributed by atoms with Crippen molar-refractivity contribution < 1.29 is 21.9 Å². The molecule has 1 aromatic heterocycles. The Kier molecular flexibility index (Phi) is 4.48. The number of nitrogens with zero attached hydrogens (tertiary/aromatic N) is 2. The van der Waals surface area contributed by atoms with Gasteiger partial charge in [-0.1, -0.05) is 0 Å². The van der Waals surface area contributed by atoms with Crippen molar-refractivity contribution in [2.24, 2.45) is 0 Å². The van der Waals surface area contributed by atoms with Gasteiger partial charge in [0.1, 0.15) is 23.1 Å². The van der Waals surface area contributed by atoms with Crippen molar-refractivity contribution in [2.45, 2.75) is 18.4 Å². The van der Waals surface area contributed by atoms with Crippen LogP contribution in [-0.4, -0.2) is 24.6 Å². The minimum atomic E-state index is -4.32. The number of benzene rings is 1. The van der Waals surface area contributed by atoms with Gasteiger partial charge in [-0.2, -0.15) is 0 Å². The van der Waals surface area contributed by atoms with Crippen LogP contribution in [0.4, 0.5) is 8.78 Å². The summed E-state index contributed by atoms with van der Waals surface area (Å²) in [4.78, 5) is 3.26. The molecule has 1 heterocycles. The molecule has 9 heteroatoms. The van der Waals surface area contributed by atoms with Crippen LogP contribution >= 0.6 is 10.7 Å². The second kappa shape index (κ2) is 5.98. The molecule has 0 aliphatic rings. The fraction of sp³-hybridized carbons (Fsp3) is 0.250. The van der Waals surface area contributed by atoms with Gasteiger partial charge in [0.05, 0.1) is 6.54 Å². The monoisotopic (exact) mass is 336 g/mol. The third-order valence-electron chi connectivity index (χ3n) is 2.74. The van der Waals surface area contributed by atoms with E-state index in [1.165, 1.54) is 0 Å². The quantitative estimate of drug-likeness (QED) is 0.787. The summed E-state index contributed by atoms with van der Waals surface area (Å²) in [5.74, 6) is -2.05. The summed E-state index contributed by atoms with van der Waals surface area (Å²) in [6.07, 6.45) is 3.28. The highest BCUT2D eigenvalue weighted by atomic mass is 35.7. The van der Waals surface area contributed by atoms with Crippen LogP contribution in [-0.2, 0) is 15.6 Å². The van der Waals surface area contributed by atoms with Crippen molar-refractivity contribution in [3.8, 4) is 5.75 Å². The molecule has 0 amide bonds. The van der Waals surface area contributed by atoms with E-state index in [0.717, 1.165) is 5.82 Å². The van der Waals surface area contributed by atoms with Gasteiger partial charge in [-0.3, -0.25) is 0 Å². The third kappa shape index (κ3) is 3.70. The third-order valence-corrected chi connectivity index (χ3v) is 4.07. The molecule has 1 aromatic carbocycles. The summed E-state index contributed by atoms with van der Waals surface area (Å²) in [7, 11) is 0.832. The van der Waals surface area contributed by atoms with E-state index in [9.17, 15) is 17.2 Å². The van der Waals surface area contributed by atoms with Crippen molar-refractivity contribution >= 4 is 19.7 Å². The predicted octanol–water partition coefficient (Wildman–Crippen LogP) is 2.48. The summed E-state index contributed by atoms with van der Waals surface area (Å²) < 4.78 is 56.3. The zero-order chi connectivity index (χ0) is 15.6. The number of aryl methyl sites for hydroxylation is 1. The van der Waals surface area contributed by atoms with E-state index in [4.69, 9.17) is 15.4 Å². The number of rotatable bonds is 5. The molecule has 0 saturated heterocycles. The fourth-order valence-corrected chi connectivity index (χ4v) is 2.72. The van der Waals surface area contributed by atoms with Gasteiger partial charge < -0.3 is 9.30 Å². The number of halogens is 3. The lowest BCUT2D eigenvalue weighted by atomic mass is 10.3. The lowest BCUT2D eigenvalue weighted by molar-refractivity contribution is 0.274.